The molecule has 6 nitrogen and oxygen atoms in total. The Kier molecular flexibility index (Phi) is 7.03. The van der Waals surface area contributed by atoms with Crippen LogP contribution in [-0.2, 0) is 14.4 Å². The van der Waals surface area contributed by atoms with Crippen LogP contribution in [0.3, 0.4) is 0 Å². The highest BCUT2D eigenvalue weighted by atomic mass is 16.6. The molecule has 1 N–H and O–H groups in total. The van der Waals surface area contributed by atoms with E-state index in [1.165, 1.54) is 0 Å². The van der Waals surface area contributed by atoms with Crippen molar-refractivity contribution < 1.29 is 19.5 Å². The molecule has 126 valence electrons. The summed E-state index contributed by atoms with van der Waals surface area (Å²) in [6.07, 6.45) is 1.68. The molecule has 1 saturated heterocycles. The summed E-state index contributed by atoms with van der Waals surface area (Å²) in [6, 6.07) is 9.76. The standard InChI is InChI=1S/C17H24N2O4/c1-22-13-16(14-6-3-2-4-7-14)18-23-11-10-19-9-5-8-15(12-19)17(20)21/h2-4,6-7,15H,5,8-13H2,1H3,(H,20,21)/b18-16+/t15-/m1/s1. The Balaban J connectivity index is 1.81. The predicted octanol–water partition coefficient (Wildman–Crippen LogP) is 1.85. The van der Waals surface area contributed by atoms with Gasteiger partial charge in [-0.1, -0.05) is 35.5 Å². The van der Waals surface area contributed by atoms with Gasteiger partial charge >= 0.3 is 5.97 Å². The van der Waals surface area contributed by atoms with E-state index in [0.717, 1.165) is 30.7 Å². The van der Waals surface area contributed by atoms with Crippen LogP contribution in [0, 0.1) is 5.92 Å². The second-order valence-corrected chi connectivity index (χ2v) is 5.65. The normalized spacial score (nSPS) is 19.5. The molecule has 0 aromatic heterocycles. The quantitative estimate of drug-likeness (QED) is 0.450. The zero-order chi connectivity index (χ0) is 16.5. The van der Waals surface area contributed by atoms with E-state index in [4.69, 9.17) is 14.7 Å². The van der Waals surface area contributed by atoms with Crippen LogP contribution in [0.2, 0.25) is 0 Å². The molecule has 2 rings (SSSR count). The maximum Gasteiger partial charge on any atom is 0.307 e. The molecular weight excluding hydrogens is 296 g/mol. The average molecular weight is 320 g/mol. The molecule has 0 amide bonds. The predicted molar refractivity (Wildman–Crippen MR) is 87.6 cm³/mol. The van der Waals surface area contributed by atoms with Crippen LogP contribution in [0.25, 0.3) is 0 Å². The van der Waals surface area contributed by atoms with Gasteiger partial charge < -0.3 is 14.7 Å². The molecule has 1 aromatic rings. The number of benzene rings is 1. The third-order valence-electron chi connectivity index (χ3n) is 3.92. The van der Waals surface area contributed by atoms with Crippen LogP contribution < -0.4 is 0 Å². The van der Waals surface area contributed by atoms with Crippen LogP contribution >= 0.6 is 0 Å². The third-order valence-corrected chi connectivity index (χ3v) is 3.92. The molecule has 6 heteroatoms. The van der Waals surface area contributed by atoms with E-state index in [9.17, 15) is 4.79 Å². The van der Waals surface area contributed by atoms with Crippen molar-refractivity contribution >= 4 is 11.7 Å². The van der Waals surface area contributed by atoms with E-state index >= 15 is 0 Å². The summed E-state index contributed by atoms with van der Waals surface area (Å²) in [5.74, 6) is -0.972. The Bertz CT molecular complexity index is 519. The smallest absolute Gasteiger partial charge is 0.307 e. The number of nitrogens with zero attached hydrogens (tertiary/aromatic N) is 2. The van der Waals surface area contributed by atoms with Crippen molar-refractivity contribution in [3.8, 4) is 0 Å². The molecule has 0 spiro atoms. The maximum absolute atomic E-state index is 11.1. The molecule has 1 fully saturated rings. The van der Waals surface area contributed by atoms with Gasteiger partial charge in [0.05, 0.1) is 12.5 Å². The first kappa shape index (κ1) is 17.4. The fraction of sp³-hybridized carbons (Fsp3) is 0.529. The lowest BCUT2D eigenvalue weighted by atomic mass is 9.98. The molecular formula is C17H24N2O4. The number of hydrogen-bond acceptors (Lipinski definition) is 5. The summed E-state index contributed by atoms with van der Waals surface area (Å²) in [5, 5.41) is 13.3. The first-order valence-electron chi connectivity index (χ1n) is 7.89. The van der Waals surface area contributed by atoms with Crippen LogP contribution in [0.5, 0.6) is 0 Å². The zero-order valence-corrected chi connectivity index (χ0v) is 13.5. The number of rotatable bonds is 8. The first-order chi connectivity index (χ1) is 11.2. The highest BCUT2D eigenvalue weighted by Crippen LogP contribution is 2.16. The number of methoxy groups -OCH3 is 1. The maximum atomic E-state index is 11.1. The lowest BCUT2D eigenvalue weighted by Crippen LogP contribution is -2.40. The molecule has 0 radical (unpaired) electrons. The van der Waals surface area contributed by atoms with Crippen molar-refractivity contribution in [2.45, 2.75) is 12.8 Å². The van der Waals surface area contributed by atoms with Crippen molar-refractivity contribution in [1.29, 1.82) is 0 Å². The number of ether oxygens (including phenoxy) is 1. The van der Waals surface area contributed by atoms with E-state index in [1.54, 1.807) is 7.11 Å². The minimum absolute atomic E-state index is 0.263. The molecule has 0 unspecified atom stereocenters. The van der Waals surface area contributed by atoms with E-state index in [-0.39, 0.29) is 5.92 Å². The second kappa shape index (κ2) is 9.27. The SMILES string of the molecule is COC/C(=N\OCCN1CCC[C@@H](C(=O)O)C1)c1ccccc1. The van der Waals surface area contributed by atoms with Crippen molar-refractivity contribution in [3.63, 3.8) is 0 Å². The lowest BCUT2D eigenvalue weighted by Gasteiger charge is -2.29. The largest absolute Gasteiger partial charge is 0.481 e. The lowest BCUT2D eigenvalue weighted by molar-refractivity contribution is -0.143. The van der Waals surface area contributed by atoms with Gasteiger partial charge in [0.2, 0.25) is 0 Å². The summed E-state index contributed by atoms with van der Waals surface area (Å²) in [4.78, 5) is 18.6. The third kappa shape index (κ3) is 5.65. The van der Waals surface area contributed by atoms with E-state index in [0.29, 0.717) is 26.3 Å². The molecule has 1 aliphatic rings. The number of hydrogen-bond donors (Lipinski definition) is 1. The van der Waals surface area contributed by atoms with Gasteiger partial charge in [0.1, 0.15) is 12.3 Å². The van der Waals surface area contributed by atoms with Crippen molar-refractivity contribution in [2.75, 3.05) is 40.0 Å². The minimum atomic E-state index is -0.708. The summed E-state index contributed by atoms with van der Waals surface area (Å²) in [5.41, 5.74) is 1.72. The first-order valence-corrected chi connectivity index (χ1v) is 7.89. The summed E-state index contributed by atoms with van der Waals surface area (Å²) < 4.78 is 5.16. The van der Waals surface area contributed by atoms with Gasteiger partial charge in [-0.05, 0) is 19.4 Å². The number of likely N-dealkylation sites (tertiary alicyclic amines) is 1. The Morgan fingerprint density at radius 2 is 2.17 bits per heavy atom. The number of aliphatic carboxylic acids is 1. The Hall–Kier alpha value is -1.92. The fourth-order valence-electron chi connectivity index (χ4n) is 2.68. The fourth-order valence-corrected chi connectivity index (χ4v) is 2.68. The van der Waals surface area contributed by atoms with Crippen LogP contribution in [0.4, 0.5) is 0 Å². The molecule has 1 aromatic carbocycles. The summed E-state index contributed by atoms with van der Waals surface area (Å²) >= 11 is 0. The van der Waals surface area contributed by atoms with Crippen LogP contribution in [0.1, 0.15) is 18.4 Å². The molecule has 1 atom stereocenters. The Morgan fingerprint density at radius 3 is 2.87 bits per heavy atom. The average Bonchev–Trinajstić information content (AvgIpc) is 2.58. The van der Waals surface area contributed by atoms with E-state index < -0.39 is 5.97 Å². The summed E-state index contributed by atoms with van der Waals surface area (Å²) in [7, 11) is 1.62. The van der Waals surface area contributed by atoms with Crippen molar-refractivity contribution in [1.82, 2.24) is 4.90 Å². The van der Waals surface area contributed by atoms with Crippen molar-refractivity contribution in [2.24, 2.45) is 11.1 Å². The Labute approximate surface area is 136 Å². The molecule has 1 heterocycles. The van der Waals surface area contributed by atoms with Gasteiger partial charge in [-0.25, -0.2) is 0 Å². The minimum Gasteiger partial charge on any atom is -0.481 e. The number of carboxylic acid groups (broad SMARTS) is 1. The van der Waals surface area contributed by atoms with Crippen molar-refractivity contribution in [3.05, 3.63) is 35.9 Å². The zero-order valence-electron chi connectivity index (χ0n) is 13.5. The van der Waals surface area contributed by atoms with Gasteiger partial charge in [-0.3, -0.25) is 9.69 Å². The molecule has 23 heavy (non-hydrogen) atoms. The van der Waals surface area contributed by atoms with E-state index in [1.807, 2.05) is 30.3 Å². The topological polar surface area (TPSA) is 71.4 Å². The molecule has 1 aliphatic heterocycles. The highest BCUT2D eigenvalue weighted by Gasteiger charge is 2.24. The van der Waals surface area contributed by atoms with Gasteiger partial charge in [0.25, 0.3) is 0 Å². The highest BCUT2D eigenvalue weighted by molar-refractivity contribution is 6.01. The monoisotopic (exact) mass is 320 g/mol. The van der Waals surface area contributed by atoms with Gasteiger partial charge in [0.15, 0.2) is 0 Å². The van der Waals surface area contributed by atoms with E-state index in [2.05, 4.69) is 10.1 Å². The molecule has 0 saturated carbocycles. The number of piperidine rings is 1. The molecule has 0 aliphatic carbocycles. The van der Waals surface area contributed by atoms with Gasteiger partial charge in [-0.15, -0.1) is 0 Å². The number of oxime groups is 1. The van der Waals surface area contributed by atoms with Gasteiger partial charge in [0, 0.05) is 25.8 Å². The van der Waals surface area contributed by atoms with Gasteiger partial charge in [-0.2, -0.15) is 0 Å². The number of carbonyl (C=O) groups is 1. The van der Waals surface area contributed by atoms with Crippen LogP contribution in [-0.4, -0.2) is 61.6 Å². The number of carboxylic acids is 1. The summed E-state index contributed by atoms with van der Waals surface area (Å²) in [6.45, 7) is 3.01. The second-order valence-electron chi connectivity index (χ2n) is 5.65. The molecule has 0 bridgehead atoms. The van der Waals surface area contributed by atoms with Crippen LogP contribution in [0.15, 0.2) is 35.5 Å². The Morgan fingerprint density at radius 1 is 1.39 bits per heavy atom.